The van der Waals surface area contributed by atoms with Gasteiger partial charge in [-0.1, -0.05) is 71.7 Å². The fourth-order valence-electron chi connectivity index (χ4n) is 6.06. The van der Waals surface area contributed by atoms with E-state index in [0.717, 1.165) is 35.1 Å². The SMILES string of the molecule is COc1ccccc1N(C)[C@@H]1C2CCN(CC2)[C@@H]1[C@H](c1ccccc1)c1ccc(Cl)cc1Cl. The highest BCUT2D eigenvalue weighted by atomic mass is 35.5. The molecule has 3 aromatic rings. The van der Waals surface area contributed by atoms with E-state index in [0.29, 0.717) is 17.0 Å². The molecule has 0 unspecified atom stereocenters. The molecule has 0 aromatic heterocycles. The molecule has 3 aliphatic rings. The van der Waals surface area contributed by atoms with Crippen LogP contribution in [0.25, 0.3) is 0 Å². The molecule has 3 nitrogen and oxygen atoms in total. The van der Waals surface area contributed by atoms with Gasteiger partial charge in [0.1, 0.15) is 5.75 Å². The van der Waals surface area contributed by atoms with Gasteiger partial charge in [0, 0.05) is 35.1 Å². The van der Waals surface area contributed by atoms with E-state index in [-0.39, 0.29) is 12.0 Å². The zero-order valence-corrected chi connectivity index (χ0v) is 20.6. The lowest BCUT2D eigenvalue weighted by Crippen LogP contribution is -2.65. The maximum Gasteiger partial charge on any atom is 0.142 e. The van der Waals surface area contributed by atoms with Crippen molar-refractivity contribution < 1.29 is 4.74 Å². The van der Waals surface area contributed by atoms with Crippen LogP contribution in [0.4, 0.5) is 5.69 Å². The molecule has 0 amide bonds. The number of hydrogen-bond donors (Lipinski definition) is 0. The summed E-state index contributed by atoms with van der Waals surface area (Å²) in [6.07, 6.45) is 2.44. The first-order chi connectivity index (χ1) is 16.1. The predicted molar refractivity (Wildman–Crippen MR) is 138 cm³/mol. The van der Waals surface area contributed by atoms with E-state index in [9.17, 15) is 0 Å². The van der Waals surface area contributed by atoms with Gasteiger partial charge in [0.05, 0.1) is 12.8 Å². The Morgan fingerprint density at radius 1 is 0.939 bits per heavy atom. The number of nitrogens with zero attached hydrogens (tertiary/aromatic N) is 2. The van der Waals surface area contributed by atoms with E-state index in [1.165, 1.54) is 18.4 Å². The maximum atomic E-state index is 6.85. The first-order valence-corrected chi connectivity index (χ1v) is 12.4. The second-order valence-electron chi connectivity index (χ2n) is 9.19. The van der Waals surface area contributed by atoms with E-state index < -0.39 is 0 Å². The molecular formula is C28H30Cl2N2O. The average molecular weight is 481 g/mol. The molecule has 3 aliphatic heterocycles. The average Bonchev–Trinajstić information content (AvgIpc) is 2.86. The third-order valence-electron chi connectivity index (χ3n) is 7.54. The highest BCUT2D eigenvalue weighted by molar-refractivity contribution is 6.35. The van der Waals surface area contributed by atoms with Crippen LogP contribution in [0.3, 0.4) is 0 Å². The van der Waals surface area contributed by atoms with Crippen molar-refractivity contribution in [3.05, 3.63) is 94.0 Å². The van der Waals surface area contributed by atoms with Crippen molar-refractivity contribution in [1.29, 1.82) is 0 Å². The number of anilines is 1. The number of fused-ring (bicyclic) bond motifs is 3. The molecule has 172 valence electrons. The van der Waals surface area contributed by atoms with Gasteiger partial charge in [-0.3, -0.25) is 4.90 Å². The summed E-state index contributed by atoms with van der Waals surface area (Å²) in [7, 11) is 3.98. The van der Waals surface area contributed by atoms with Crippen molar-refractivity contribution in [2.75, 3.05) is 32.1 Å². The van der Waals surface area contributed by atoms with Gasteiger partial charge in [-0.15, -0.1) is 0 Å². The van der Waals surface area contributed by atoms with E-state index in [2.05, 4.69) is 65.4 Å². The largest absolute Gasteiger partial charge is 0.495 e. The number of ether oxygens (including phenoxy) is 1. The van der Waals surface area contributed by atoms with Crippen LogP contribution in [0.2, 0.25) is 10.0 Å². The van der Waals surface area contributed by atoms with Gasteiger partial charge in [-0.05, 0) is 67.2 Å². The van der Waals surface area contributed by atoms with Crippen LogP contribution in [0, 0.1) is 5.92 Å². The van der Waals surface area contributed by atoms with Crippen molar-refractivity contribution in [2.24, 2.45) is 5.92 Å². The fourth-order valence-corrected chi connectivity index (χ4v) is 6.59. The molecule has 2 bridgehead atoms. The van der Waals surface area contributed by atoms with Gasteiger partial charge in [0.15, 0.2) is 0 Å². The smallest absolute Gasteiger partial charge is 0.142 e. The lowest BCUT2D eigenvalue weighted by Gasteiger charge is -2.56. The Morgan fingerprint density at radius 3 is 2.33 bits per heavy atom. The first-order valence-electron chi connectivity index (χ1n) is 11.7. The summed E-state index contributed by atoms with van der Waals surface area (Å²) in [6, 6.07) is 25.7. The third kappa shape index (κ3) is 4.23. The highest BCUT2D eigenvalue weighted by Gasteiger charge is 2.48. The van der Waals surface area contributed by atoms with Gasteiger partial charge in [-0.2, -0.15) is 0 Å². The molecule has 3 saturated heterocycles. The Morgan fingerprint density at radius 2 is 1.64 bits per heavy atom. The molecule has 0 spiro atoms. The van der Waals surface area contributed by atoms with Crippen molar-refractivity contribution in [2.45, 2.75) is 30.8 Å². The Labute approximate surface area is 206 Å². The fraction of sp³-hybridized carbons (Fsp3) is 0.357. The second-order valence-corrected chi connectivity index (χ2v) is 10.0. The van der Waals surface area contributed by atoms with Crippen molar-refractivity contribution >= 4 is 28.9 Å². The molecule has 6 rings (SSSR count). The minimum Gasteiger partial charge on any atom is -0.495 e. The van der Waals surface area contributed by atoms with Gasteiger partial charge < -0.3 is 9.64 Å². The molecule has 3 aromatic carbocycles. The number of piperidine rings is 3. The Balaban J connectivity index is 1.65. The minimum absolute atomic E-state index is 0.140. The topological polar surface area (TPSA) is 15.7 Å². The summed E-state index contributed by atoms with van der Waals surface area (Å²) in [4.78, 5) is 5.14. The Bertz CT molecular complexity index is 1100. The van der Waals surface area contributed by atoms with Gasteiger partial charge >= 0.3 is 0 Å². The standard InChI is InChI=1S/C28H30Cl2N2O/c1-31(24-10-6-7-11-25(24)33-2)27-20-14-16-32(17-15-20)28(27)26(19-8-4-3-5-9-19)22-13-12-21(29)18-23(22)30/h3-13,18,20,26-28H,14-17H2,1-2H3/t26-,27-,28-/m1/s1. The summed E-state index contributed by atoms with van der Waals surface area (Å²) in [5, 5.41) is 1.40. The van der Waals surface area contributed by atoms with Crippen LogP contribution >= 0.6 is 23.2 Å². The van der Waals surface area contributed by atoms with Crippen LogP contribution in [0.1, 0.15) is 29.9 Å². The number of benzene rings is 3. The van der Waals surface area contributed by atoms with E-state index in [1.54, 1.807) is 7.11 Å². The quantitative estimate of drug-likeness (QED) is 0.388. The molecular weight excluding hydrogens is 451 g/mol. The van der Waals surface area contributed by atoms with Gasteiger partial charge in [0.2, 0.25) is 0 Å². The van der Waals surface area contributed by atoms with Crippen molar-refractivity contribution in [3.8, 4) is 5.75 Å². The lowest BCUT2D eigenvalue weighted by molar-refractivity contribution is 0.0185. The number of hydrogen-bond acceptors (Lipinski definition) is 3. The Kier molecular flexibility index (Phi) is 6.56. The van der Waals surface area contributed by atoms with Crippen LogP contribution in [0.15, 0.2) is 72.8 Å². The van der Waals surface area contributed by atoms with Crippen LogP contribution in [0.5, 0.6) is 5.75 Å². The van der Waals surface area contributed by atoms with Crippen LogP contribution < -0.4 is 9.64 Å². The molecule has 0 radical (unpaired) electrons. The molecule has 0 saturated carbocycles. The van der Waals surface area contributed by atoms with Gasteiger partial charge in [-0.25, -0.2) is 0 Å². The number of rotatable bonds is 6. The molecule has 33 heavy (non-hydrogen) atoms. The summed E-state index contributed by atoms with van der Waals surface area (Å²) in [5.74, 6) is 1.67. The first kappa shape index (κ1) is 22.6. The molecule has 3 heterocycles. The molecule has 3 atom stereocenters. The number of halogens is 2. The van der Waals surface area contributed by atoms with Crippen LogP contribution in [-0.2, 0) is 0 Å². The number of methoxy groups -OCH3 is 1. The van der Waals surface area contributed by atoms with Crippen molar-refractivity contribution in [1.82, 2.24) is 4.90 Å². The summed E-state index contributed by atoms with van der Waals surface area (Å²) < 4.78 is 5.74. The monoisotopic (exact) mass is 480 g/mol. The lowest BCUT2D eigenvalue weighted by atomic mass is 9.70. The molecule has 0 N–H and O–H groups in total. The van der Waals surface area contributed by atoms with Crippen LogP contribution in [-0.4, -0.2) is 44.2 Å². The maximum absolute atomic E-state index is 6.85. The number of para-hydroxylation sites is 2. The highest BCUT2D eigenvalue weighted by Crippen LogP contribution is 2.47. The van der Waals surface area contributed by atoms with E-state index >= 15 is 0 Å². The normalized spacial score (nSPS) is 25.0. The zero-order chi connectivity index (χ0) is 22.9. The van der Waals surface area contributed by atoms with E-state index in [1.807, 2.05) is 24.3 Å². The summed E-state index contributed by atoms with van der Waals surface area (Å²) in [5.41, 5.74) is 3.57. The Hall–Kier alpha value is -2.20. The van der Waals surface area contributed by atoms with Gasteiger partial charge in [0.25, 0.3) is 0 Å². The third-order valence-corrected chi connectivity index (χ3v) is 8.10. The molecule has 0 aliphatic carbocycles. The minimum atomic E-state index is 0.140. The van der Waals surface area contributed by atoms with E-state index in [4.69, 9.17) is 27.9 Å². The zero-order valence-electron chi connectivity index (χ0n) is 19.1. The number of likely N-dealkylation sites (N-methyl/N-ethyl adjacent to an activating group) is 1. The predicted octanol–water partition coefficient (Wildman–Crippen LogP) is 6.73. The summed E-state index contributed by atoms with van der Waals surface area (Å²) >= 11 is 13.1. The summed E-state index contributed by atoms with van der Waals surface area (Å²) in [6.45, 7) is 2.25. The van der Waals surface area contributed by atoms with Crippen molar-refractivity contribution in [3.63, 3.8) is 0 Å². The second kappa shape index (κ2) is 9.58. The molecule has 3 fully saturated rings. The molecule has 5 heteroatoms.